The Morgan fingerprint density at radius 2 is 1.85 bits per heavy atom. The molecular formula is C18H13ClF2N2O4. The Hall–Kier alpha value is -3.00. The van der Waals surface area contributed by atoms with E-state index in [-0.39, 0.29) is 11.6 Å². The van der Waals surface area contributed by atoms with Crippen LogP contribution in [-0.2, 0) is 9.53 Å². The van der Waals surface area contributed by atoms with Gasteiger partial charge in [0.15, 0.2) is 23.5 Å². The minimum atomic E-state index is -1.18. The van der Waals surface area contributed by atoms with Gasteiger partial charge in [-0.25, -0.2) is 23.5 Å². The Bertz CT molecular complexity index is 993. The quantitative estimate of drug-likeness (QED) is 0.601. The van der Waals surface area contributed by atoms with Crippen LogP contribution < -0.4 is 9.47 Å². The number of ether oxygens (including phenoxy) is 3. The molecule has 1 heterocycles. The molecule has 0 spiro atoms. The zero-order chi connectivity index (χ0) is 19.6. The van der Waals surface area contributed by atoms with Crippen LogP contribution in [0.1, 0.15) is 6.92 Å². The smallest absolute Gasteiger partial charge is 0.346 e. The van der Waals surface area contributed by atoms with E-state index in [2.05, 4.69) is 14.7 Å². The van der Waals surface area contributed by atoms with Gasteiger partial charge in [-0.15, -0.1) is 0 Å². The van der Waals surface area contributed by atoms with E-state index < -0.39 is 29.5 Å². The number of hydrogen-bond acceptors (Lipinski definition) is 6. The maximum Gasteiger partial charge on any atom is 0.346 e. The Kier molecular flexibility index (Phi) is 5.36. The molecule has 0 bridgehead atoms. The van der Waals surface area contributed by atoms with Crippen molar-refractivity contribution in [2.45, 2.75) is 13.0 Å². The zero-order valence-corrected chi connectivity index (χ0v) is 15.0. The highest BCUT2D eigenvalue weighted by Gasteiger charge is 2.21. The number of methoxy groups -OCH3 is 1. The number of hydrogen-bond donors (Lipinski definition) is 0. The second kappa shape index (κ2) is 7.71. The number of rotatable bonds is 5. The van der Waals surface area contributed by atoms with E-state index in [4.69, 9.17) is 21.1 Å². The SMILES string of the molecule is COC(=O)C(C)Oc1c(F)cc(Oc2cnc3ccc(Cl)cc3n2)cc1F. The van der Waals surface area contributed by atoms with Crippen molar-refractivity contribution in [3.05, 3.63) is 53.2 Å². The molecule has 6 nitrogen and oxygen atoms in total. The van der Waals surface area contributed by atoms with Crippen molar-refractivity contribution in [2.24, 2.45) is 0 Å². The molecule has 0 aliphatic heterocycles. The Morgan fingerprint density at radius 3 is 2.52 bits per heavy atom. The average molecular weight is 395 g/mol. The fraction of sp³-hybridized carbons (Fsp3) is 0.167. The normalized spacial score (nSPS) is 11.9. The molecule has 0 N–H and O–H groups in total. The number of carbonyl (C=O) groups is 1. The predicted molar refractivity (Wildman–Crippen MR) is 93.1 cm³/mol. The molecule has 0 amide bonds. The Balaban J connectivity index is 1.85. The van der Waals surface area contributed by atoms with E-state index >= 15 is 0 Å². The summed E-state index contributed by atoms with van der Waals surface area (Å²) in [6.45, 7) is 1.31. The van der Waals surface area contributed by atoms with Crippen molar-refractivity contribution in [3.63, 3.8) is 0 Å². The van der Waals surface area contributed by atoms with Gasteiger partial charge < -0.3 is 14.2 Å². The van der Waals surface area contributed by atoms with Gasteiger partial charge in [-0.1, -0.05) is 11.6 Å². The highest BCUT2D eigenvalue weighted by Crippen LogP contribution is 2.30. The predicted octanol–water partition coefficient (Wildman–Crippen LogP) is 4.29. The molecule has 0 fully saturated rings. The van der Waals surface area contributed by atoms with Crippen molar-refractivity contribution >= 4 is 28.6 Å². The number of carbonyl (C=O) groups excluding carboxylic acids is 1. The number of esters is 1. The van der Waals surface area contributed by atoms with Crippen LogP contribution in [0, 0.1) is 11.6 Å². The van der Waals surface area contributed by atoms with Crippen molar-refractivity contribution < 1.29 is 27.8 Å². The van der Waals surface area contributed by atoms with Crippen LogP contribution in [0.5, 0.6) is 17.4 Å². The van der Waals surface area contributed by atoms with Gasteiger partial charge in [0.1, 0.15) is 5.75 Å². The van der Waals surface area contributed by atoms with Gasteiger partial charge in [0.25, 0.3) is 0 Å². The van der Waals surface area contributed by atoms with E-state index in [1.807, 2.05) is 0 Å². The molecule has 9 heteroatoms. The summed E-state index contributed by atoms with van der Waals surface area (Å²) in [5, 5.41) is 0.465. The second-order valence-electron chi connectivity index (χ2n) is 5.44. The van der Waals surface area contributed by atoms with Gasteiger partial charge in [0.2, 0.25) is 5.88 Å². The number of nitrogens with zero attached hydrogens (tertiary/aromatic N) is 2. The Morgan fingerprint density at radius 1 is 1.15 bits per heavy atom. The highest BCUT2D eigenvalue weighted by molar-refractivity contribution is 6.31. The number of benzene rings is 2. The Labute approximate surface area is 157 Å². The average Bonchev–Trinajstić information content (AvgIpc) is 2.63. The lowest BCUT2D eigenvalue weighted by Gasteiger charge is -2.14. The van der Waals surface area contributed by atoms with Gasteiger partial charge in [-0.2, -0.15) is 0 Å². The summed E-state index contributed by atoms with van der Waals surface area (Å²) in [4.78, 5) is 19.7. The number of aromatic nitrogens is 2. The monoisotopic (exact) mass is 394 g/mol. The third kappa shape index (κ3) is 4.22. The van der Waals surface area contributed by atoms with E-state index in [0.29, 0.717) is 16.1 Å². The molecule has 140 valence electrons. The first-order valence-corrected chi connectivity index (χ1v) is 8.09. The fourth-order valence-corrected chi connectivity index (χ4v) is 2.40. The minimum Gasteiger partial charge on any atom is -0.473 e. The van der Waals surface area contributed by atoms with Crippen LogP contribution in [0.3, 0.4) is 0 Å². The van der Waals surface area contributed by atoms with Crippen LogP contribution in [0.15, 0.2) is 36.5 Å². The number of fused-ring (bicyclic) bond motifs is 1. The van der Waals surface area contributed by atoms with Crippen LogP contribution in [0.25, 0.3) is 11.0 Å². The third-order valence-electron chi connectivity index (χ3n) is 3.50. The van der Waals surface area contributed by atoms with E-state index in [1.165, 1.54) is 13.1 Å². The summed E-state index contributed by atoms with van der Waals surface area (Å²) in [6, 6.07) is 6.75. The molecule has 3 rings (SSSR count). The van der Waals surface area contributed by atoms with Crippen LogP contribution in [0.2, 0.25) is 5.02 Å². The molecule has 1 atom stereocenters. The summed E-state index contributed by atoms with van der Waals surface area (Å²) in [5.74, 6) is -3.69. The third-order valence-corrected chi connectivity index (χ3v) is 3.74. The van der Waals surface area contributed by atoms with E-state index in [0.717, 1.165) is 19.2 Å². The van der Waals surface area contributed by atoms with Crippen molar-refractivity contribution in [2.75, 3.05) is 7.11 Å². The van der Waals surface area contributed by atoms with Crippen molar-refractivity contribution in [3.8, 4) is 17.4 Å². The molecular weight excluding hydrogens is 382 g/mol. The van der Waals surface area contributed by atoms with Crippen molar-refractivity contribution in [1.82, 2.24) is 9.97 Å². The van der Waals surface area contributed by atoms with Crippen LogP contribution in [-0.4, -0.2) is 29.2 Å². The molecule has 0 saturated heterocycles. The fourth-order valence-electron chi connectivity index (χ4n) is 2.24. The van der Waals surface area contributed by atoms with Crippen LogP contribution >= 0.6 is 11.6 Å². The lowest BCUT2D eigenvalue weighted by atomic mass is 10.3. The van der Waals surface area contributed by atoms with Gasteiger partial charge in [0.05, 0.1) is 24.3 Å². The summed E-state index contributed by atoms with van der Waals surface area (Å²) in [5.41, 5.74) is 1.05. The summed E-state index contributed by atoms with van der Waals surface area (Å²) >= 11 is 5.91. The second-order valence-corrected chi connectivity index (χ2v) is 5.88. The summed E-state index contributed by atoms with van der Waals surface area (Å²) in [7, 11) is 1.14. The highest BCUT2D eigenvalue weighted by atomic mass is 35.5. The first-order chi connectivity index (χ1) is 12.9. The van der Waals surface area contributed by atoms with Crippen molar-refractivity contribution in [1.29, 1.82) is 0 Å². The van der Waals surface area contributed by atoms with Gasteiger partial charge in [-0.05, 0) is 25.1 Å². The standard InChI is InChI=1S/C18H13ClF2N2O4/c1-9(18(24)25-2)26-17-12(20)6-11(7-13(17)21)27-16-8-22-14-4-3-10(19)5-15(14)23-16/h3-9H,1-2H3. The molecule has 0 aliphatic rings. The first kappa shape index (κ1) is 18.8. The maximum absolute atomic E-state index is 14.2. The minimum absolute atomic E-state index is 0.0279. The summed E-state index contributed by atoms with van der Waals surface area (Å²) < 4.78 is 43.2. The molecule has 0 radical (unpaired) electrons. The van der Waals surface area contributed by atoms with Crippen LogP contribution in [0.4, 0.5) is 8.78 Å². The van der Waals surface area contributed by atoms with E-state index in [9.17, 15) is 13.6 Å². The summed E-state index contributed by atoms with van der Waals surface area (Å²) in [6.07, 6.45) is 0.136. The van der Waals surface area contributed by atoms with Gasteiger partial charge in [0, 0.05) is 17.2 Å². The lowest BCUT2D eigenvalue weighted by molar-refractivity contribution is -0.148. The zero-order valence-electron chi connectivity index (χ0n) is 14.2. The molecule has 0 saturated carbocycles. The molecule has 3 aromatic rings. The van der Waals surface area contributed by atoms with Gasteiger partial charge >= 0.3 is 5.97 Å². The molecule has 1 unspecified atom stereocenters. The van der Waals surface area contributed by atoms with Gasteiger partial charge in [-0.3, -0.25) is 0 Å². The molecule has 27 heavy (non-hydrogen) atoms. The molecule has 2 aromatic carbocycles. The molecule has 1 aromatic heterocycles. The largest absolute Gasteiger partial charge is 0.473 e. The first-order valence-electron chi connectivity index (χ1n) is 7.71. The number of halogens is 3. The maximum atomic E-state index is 14.2. The van der Waals surface area contributed by atoms with E-state index in [1.54, 1.807) is 18.2 Å². The topological polar surface area (TPSA) is 70.5 Å². The molecule has 0 aliphatic carbocycles. The lowest BCUT2D eigenvalue weighted by Crippen LogP contribution is -2.25.